The van der Waals surface area contributed by atoms with Gasteiger partial charge >= 0.3 is 0 Å². The molecular formula is C15H8FO2-. The van der Waals surface area contributed by atoms with Crippen LogP contribution in [0.4, 0.5) is 4.39 Å². The van der Waals surface area contributed by atoms with Crippen LogP contribution in [0.1, 0.15) is 21.5 Å². The zero-order chi connectivity index (χ0) is 12.7. The molecule has 0 amide bonds. The molecule has 88 valence electrons. The van der Waals surface area contributed by atoms with Gasteiger partial charge in [0.15, 0.2) is 5.78 Å². The summed E-state index contributed by atoms with van der Waals surface area (Å²) in [7, 11) is 0. The van der Waals surface area contributed by atoms with Crippen LogP contribution in [-0.4, -0.2) is 5.78 Å². The minimum atomic E-state index is -0.462. The lowest BCUT2D eigenvalue weighted by Gasteiger charge is -2.11. The summed E-state index contributed by atoms with van der Waals surface area (Å²) in [5.74, 6) is -1.13. The third kappa shape index (κ3) is 1.44. The molecule has 0 aromatic heterocycles. The van der Waals surface area contributed by atoms with E-state index in [1.165, 1.54) is 18.2 Å². The van der Waals surface area contributed by atoms with E-state index in [1.807, 2.05) is 0 Å². The van der Waals surface area contributed by atoms with Crippen LogP contribution in [0.3, 0.4) is 0 Å². The number of allylic oxidation sites excluding steroid dienone is 1. The highest BCUT2D eigenvalue weighted by Gasteiger charge is 2.25. The lowest BCUT2D eigenvalue weighted by Crippen LogP contribution is -2.03. The van der Waals surface area contributed by atoms with Gasteiger partial charge in [0, 0.05) is 11.1 Å². The van der Waals surface area contributed by atoms with E-state index in [-0.39, 0.29) is 17.1 Å². The second-order valence-electron chi connectivity index (χ2n) is 4.09. The van der Waals surface area contributed by atoms with Gasteiger partial charge in [-0.2, -0.15) is 0 Å². The molecule has 2 aromatic rings. The first-order chi connectivity index (χ1) is 8.68. The first kappa shape index (κ1) is 10.7. The lowest BCUT2D eigenvalue weighted by atomic mass is 10.0. The Hall–Kier alpha value is -2.42. The number of benzene rings is 2. The molecule has 3 heteroatoms. The van der Waals surface area contributed by atoms with Gasteiger partial charge in [0.05, 0.1) is 0 Å². The average Bonchev–Trinajstić information content (AvgIpc) is 2.63. The van der Waals surface area contributed by atoms with E-state index in [1.54, 1.807) is 30.3 Å². The second kappa shape index (κ2) is 3.81. The maximum Gasteiger partial charge on any atom is 0.193 e. The summed E-state index contributed by atoms with van der Waals surface area (Å²) in [6, 6.07) is 12.2. The molecule has 0 heterocycles. The number of carbonyl (C=O) groups is 1. The van der Waals surface area contributed by atoms with Crippen molar-refractivity contribution in [2.24, 2.45) is 0 Å². The highest BCUT2D eigenvalue weighted by atomic mass is 19.1. The van der Waals surface area contributed by atoms with E-state index in [4.69, 9.17) is 0 Å². The van der Waals surface area contributed by atoms with Crippen LogP contribution >= 0.6 is 0 Å². The fourth-order valence-electron chi connectivity index (χ4n) is 2.16. The van der Waals surface area contributed by atoms with Gasteiger partial charge in [-0.1, -0.05) is 42.2 Å². The Morgan fingerprint density at radius 1 is 0.944 bits per heavy atom. The summed E-state index contributed by atoms with van der Waals surface area (Å²) in [5, 5.41) is 12.1. The lowest BCUT2D eigenvalue weighted by molar-refractivity contribution is -0.242. The van der Waals surface area contributed by atoms with E-state index in [9.17, 15) is 14.3 Å². The summed E-state index contributed by atoms with van der Waals surface area (Å²) in [6.07, 6.45) is 0. The predicted octanol–water partition coefficient (Wildman–Crippen LogP) is 2.25. The van der Waals surface area contributed by atoms with Crippen LogP contribution in [0, 0.1) is 5.82 Å². The van der Waals surface area contributed by atoms with E-state index < -0.39 is 5.82 Å². The molecular weight excluding hydrogens is 231 g/mol. The molecule has 0 saturated carbocycles. The van der Waals surface area contributed by atoms with Crippen molar-refractivity contribution in [1.29, 1.82) is 0 Å². The quantitative estimate of drug-likeness (QED) is 0.765. The van der Waals surface area contributed by atoms with Crippen molar-refractivity contribution < 1.29 is 14.3 Å². The Kier molecular flexibility index (Phi) is 2.27. The molecule has 0 aliphatic heterocycles. The average molecular weight is 239 g/mol. The fourth-order valence-corrected chi connectivity index (χ4v) is 2.16. The first-order valence-corrected chi connectivity index (χ1v) is 5.50. The van der Waals surface area contributed by atoms with E-state index in [0.29, 0.717) is 16.7 Å². The van der Waals surface area contributed by atoms with E-state index in [0.717, 1.165) is 0 Å². The molecule has 2 nitrogen and oxygen atoms in total. The van der Waals surface area contributed by atoms with Gasteiger partial charge in [-0.15, -0.1) is 0 Å². The molecule has 18 heavy (non-hydrogen) atoms. The van der Waals surface area contributed by atoms with Crippen LogP contribution < -0.4 is 5.11 Å². The normalized spacial score (nSPS) is 13.9. The molecule has 0 fully saturated rings. The number of hydrogen-bond donors (Lipinski definition) is 0. The monoisotopic (exact) mass is 239 g/mol. The Balaban J connectivity index is 2.21. The van der Waals surface area contributed by atoms with Crippen LogP contribution in [0.2, 0.25) is 0 Å². The van der Waals surface area contributed by atoms with Gasteiger partial charge in [0.1, 0.15) is 5.82 Å². The maximum absolute atomic E-state index is 13.2. The predicted molar refractivity (Wildman–Crippen MR) is 64.0 cm³/mol. The number of hydrogen-bond acceptors (Lipinski definition) is 2. The number of halogens is 1. The number of fused-ring (bicyclic) bond motifs is 1. The number of ketones is 1. The Morgan fingerprint density at radius 3 is 2.33 bits per heavy atom. The number of carbonyl (C=O) groups excluding carboxylic acids is 1. The molecule has 0 unspecified atom stereocenters. The standard InChI is InChI=1S/C15H9FO2/c16-10-5-3-4-9(8-10)13-14(17)11-6-1-2-7-12(11)15(13)18/h1-8,17H/p-1. The van der Waals surface area contributed by atoms with Crippen LogP contribution in [0.15, 0.2) is 48.5 Å². The molecule has 0 saturated heterocycles. The maximum atomic E-state index is 13.2. The van der Waals surface area contributed by atoms with Gasteiger partial charge in [-0.25, -0.2) is 4.39 Å². The summed E-state index contributed by atoms with van der Waals surface area (Å²) < 4.78 is 13.2. The molecule has 0 radical (unpaired) electrons. The van der Waals surface area contributed by atoms with Gasteiger partial charge in [-0.3, -0.25) is 4.79 Å². The molecule has 1 aliphatic rings. The summed E-state index contributed by atoms with van der Waals surface area (Å²) in [6.45, 7) is 0. The van der Waals surface area contributed by atoms with Crippen molar-refractivity contribution in [1.82, 2.24) is 0 Å². The molecule has 0 bridgehead atoms. The molecule has 0 spiro atoms. The van der Waals surface area contributed by atoms with Crippen molar-refractivity contribution in [3.05, 3.63) is 71.0 Å². The molecule has 3 rings (SSSR count). The summed E-state index contributed by atoms with van der Waals surface area (Å²) in [5.41, 5.74) is 1.17. The minimum Gasteiger partial charge on any atom is -0.872 e. The van der Waals surface area contributed by atoms with Gasteiger partial charge < -0.3 is 5.11 Å². The summed E-state index contributed by atoms with van der Waals surface area (Å²) >= 11 is 0. The zero-order valence-corrected chi connectivity index (χ0v) is 9.31. The SMILES string of the molecule is O=C1C(c2cccc(F)c2)=C([O-])c2ccccc21. The fraction of sp³-hybridized carbons (Fsp3) is 0. The molecule has 2 aromatic carbocycles. The van der Waals surface area contributed by atoms with Crippen LogP contribution in [0.5, 0.6) is 0 Å². The van der Waals surface area contributed by atoms with Gasteiger partial charge in [-0.05, 0) is 23.3 Å². The smallest absolute Gasteiger partial charge is 0.193 e. The first-order valence-electron chi connectivity index (χ1n) is 5.50. The zero-order valence-electron chi connectivity index (χ0n) is 9.31. The topological polar surface area (TPSA) is 40.1 Å². The van der Waals surface area contributed by atoms with E-state index in [2.05, 4.69) is 0 Å². The molecule has 0 N–H and O–H groups in total. The molecule has 0 atom stereocenters. The largest absolute Gasteiger partial charge is 0.872 e. The second-order valence-corrected chi connectivity index (χ2v) is 4.09. The van der Waals surface area contributed by atoms with Gasteiger partial charge in [0.2, 0.25) is 0 Å². The van der Waals surface area contributed by atoms with Crippen molar-refractivity contribution in [3.63, 3.8) is 0 Å². The Labute approximate surface area is 103 Å². The van der Waals surface area contributed by atoms with Crippen molar-refractivity contribution >= 4 is 17.1 Å². The summed E-state index contributed by atoms with van der Waals surface area (Å²) in [4.78, 5) is 12.1. The van der Waals surface area contributed by atoms with Gasteiger partial charge in [0.25, 0.3) is 0 Å². The number of rotatable bonds is 1. The highest BCUT2D eigenvalue weighted by molar-refractivity contribution is 6.38. The Bertz CT molecular complexity index is 686. The van der Waals surface area contributed by atoms with Crippen LogP contribution in [0.25, 0.3) is 11.3 Å². The van der Waals surface area contributed by atoms with Crippen LogP contribution in [-0.2, 0) is 0 Å². The van der Waals surface area contributed by atoms with E-state index >= 15 is 0 Å². The number of Topliss-reactive ketones (excluding diaryl/α,β-unsaturated/α-hetero) is 1. The molecule has 1 aliphatic carbocycles. The third-order valence-electron chi connectivity index (χ3n) is 2.98. The third-order valence-corrected chi connectivity index (χ3v) is 2.98. The van der Waals surface area contributed by atoms with Crippen molar-refractivity contribution in [2.75, 3.05) is 0 Å². The minimum absolute atomic E-state index is 0.0516. The van der Waals surface area contributed by atoms with Crippen molar-refractivity contribution in [2.45, 2.75) is 0 Å². The Morgan fingerprint density at radius 2 is 1.67 bits per heavy atom. The highest BCUT2D eigenvalue weighted by Crippen LogP contribution is 2.35. The van der Waals surface area contributed by atoms with Crippen molar-refractivity contribution in [3.8, 4) is 0 Å².